The maximum absolute atomic E-state index is 12.7. The summed E-state index contributed by atoms with van der Waals surface area (Å²) < 4.78 is 43.0. The van der Waals surface area contributed by atoms with E-state index >= 15 is 0 Å². The molecule has 1 aliphatic rings. The Hall–Kier alpha value is -2.52. The molecule has 0 spiro atoms. The van der Waals surface area contributed by atoms with Gasteiger partial charge in [0.15, 0.2) is 0 Å². The van der Waals surface area contributed by atoms with Gasteiger partial charge in [-0.3, -0.25) is 14.8 Å². The van der Waals surface area contributed by atoms with E-state index < -0.39 is 18.0 Å². The van der Waals surface area contributed by atoms with E-state index in [-0.39, 0.29) is 24.8 Å². The number of aliphatic hydroxyl groups excluding tert-OH is 1. The molecule has 2 aromatic rings. The summed E-state index contributed by atoms with van der Waals surface area (Å²) in [5, 5.41) is 10.4. The Balaban J connectivity index is 1.67. The highest BCUT2D eigenvalue weighted by Gasteiger charge is 2.32. The van der Waals surface area contributed by atoms with Crippen LogP contribution in [0, 0.1) is 5.92 Å². The summed E-state index contributed by atoms with van der Waals surface area (Å²) in [6, 6.07) is 5.51. The minimum Gasteiger partial charge on any atom is -0.386 e. The molecule has 1 saturated heterocycles. The van der Waals surface area contributed by atoms with E-state index in [9.17, 15) is 23.1 Å². The number of aliphatic hydroxyl groups is 1. The molecule has 28 heavy (non-hydrogen) atoms. The van der Waals surface area contributed by atoms with Gasteiger partial charge in [0.2, 0.25) is 5.91 Å². The largest absolute Gasteiger partial charge is 0.433 e. The van der Waals surface area contributed by atoms with Crippen molar-refractivity contribution in [2.45, 2.75) is 18.7 Å². The Kier molecular flexibility index (Phi) is 6.25. The van der Waals surface area contributed by atoms with Gasteiger partial charge >= 0.3 is 6.18 Å². The third-order valence-corrected chi connectivity index (χ3v) is 4.47. The van der Waals surface area contributed by atoms with Crippen molar-refractivity contribution in [1.29, 1.82) is 0 Å². The van der Waals surface area contributed by atoms with E-state index in [1.165, 1.54) is 17.2 Å². The van der Waals surface area contributed by atoms with E-state index in [2.05, 4.69) is 9.97 Å². The van der Waals surface area contributed by atoms with Crippen LogP contribution in [0.25, 0.3) is 0 Å². The van der Waals surface area contributed by atoms with Crippen LogP contribution in [-0.4, -0.2) is 52.2 Å². The number of carbonyl (C=O) groups excluding carboxylic acids is 1. The number of alkyl halides is 3. The molecule has 1 aliphatic heterocycles. The second-order valence-corrected chi connectivity index (χ2v) is 6.73. The molecule has 2 aromatic heterocycles. The molecule has 150 valence electrons. The highest BCUT2D eigenvalue weighted by Crippen LogP contribution is 2.27. The Bertz CT molecular complexity index is 781. The first-order chi connectivity index (χ1) is 13.3. The fourth-order valence-electron chi connectivity index (χ4n) is 2.85. The van der Waals surface area contributed by atoms with Gasteiger partial charge in [0.05, 0.1) is 32.3 Å². The van der Waals surface area contributed by atoms with Gasteiger partial charge in [-0.15, -0.1) is 0 Å². The summed E-state index contributed by atoms with van der Waals surface area (Å²) in [6.45, 7) is 1.54. The van der Waals surface area contributed by atoms with Crippen molar-refractivity contribution in [3.05, 3.63) is 59.7 Å². The molecule has 0 aliphatic carbocycles. The van der Waals surface area contributed by atoms with Crippen LogP contribution in [-0.2, 0) is 22.1 Å². The fourth-order valence-corrected chi connectivity index (χ4v) is 2.85. The number of halogens is 3. The fraction of sp³-hybridized carbons (Fsp3) is 0.421. The quantitative estimate of drug-likeness (QED) is 0.778. The number of carbonyl (C=O) groups is 1. The molecule has 1 amide bonds. The van der Waals surface area contributed by atoms with E-state index in [4.69, 9.17) is 4.74 Å². The van der Waals surface area contributed by atoms with E-state index in [0.717, 1.165) is 12.3 Å². The Morgan fingerprint density at radius 1 is 1.29 bits per heavy atom. The van der Waals surface area contributed by atoms with Gasteiger partial charge in [0.1, 0.15) is 5.69 Å². The topological polar surface area (TPSA) is 75.6 Å². The average molecular weight is 395 g/mol. The predicted octanol–water partition coefficient (Wildman–Crippen LogP) is 2.25. The molecule has 0 aromatic carbocycles. The number of pyridine rings is 2. The lowest BCUT2D eigenvalue weighted by atomic mass is 10.1. The van der Waals surface area contributed by atoms with Crippen LogP contribution >= 0.6 is 0 Å². The maximum atomic E-state index is 12.7. The third kappa shape index (κ3) is 5.26. The molecular weight excluding hydrogens is 375 g/mol. The summed E-state index contributed by atoms with van der Waals surface area (Å²) in [7, 11) is 0. The van der Waals surface area contributed by atoms with Crippen molar-refractivity contribution in [2.24, 2.45) is 5.92 Å². The van der Waals surface area contributed by atoms with Crippen molar-refractivity contribution >= 4 is 5.91 Å². The van der Waals surface area contributed by atoms with E-state index in [1.54, 1.807) is 18.3 Å². The standard InChI is InChI=1S/C19H20F3N3O3/c20-19(21,22)17-4-3-13(7-24-17)6-18(27)25(9-14-11-28-12-14)10-16(26)15-2-1-5-23-8-15/h1-5,7-8,14,16,26H,6,9-12H2. The molecule has 1 unspecified atom stereocenters. The first kappa shape index (κ1) is 20.2. The zero-order valence-corrected chi connectivity index (χ0v) is 15.0. The number of hydrogen-bond acceptors (Lipinski definition) is 5. The molecule has 1 fully saturated rings. The van der Waals surface area contributed by atoms with Gasteiger partial charge < -0.3 is 14.7 Å². The molecule has 0 saturated carbocycles. The zero-order chi connectivity index (χ0) is 20.1. The average Bonchev–Trinajstić information content (AvgIpc) is 2.63. The Morgan fingerprint density at radius 3 is 2.61 bits per heavy atom. The highest BCUT2D eigenvalue weighted by atomic mass is 19.4. The lowest BCUT2D eigenvalue weighted by Gasteiger charge is -2.33. The molecule has 3 rings (SSSR count). The van der Waals surface area contributed by atoms with Gasteiger partial charge in [-0.25, -0.2) is 0 Å². The molecule has 3 heterocycles. The number of aromatic nitrogens is 2. The van der Waals surface area contributed by atoms with E-state index in [0.29, 0.717) is 30.9 Å². The van der Waals surface area contributed by atoms with Crippen LogP contribution in [0.5, 0.6) is 0 Å². The van der Waals surface area contributed by atoms with Crippen LogP contribution in [0.3, 0.4) is 0 Å². The normalized spacial score (nSPS) is 15.7. The van der Waals surface area contributed by atoms with Crippen molar-refractivity contribution in [3.8, 4) is 0 Å². The Labute approximate surface area is 160 Å². The van der Waals surface area contributed by atoms with Gasteiger partial charge in [0.25, 0.3) is 0 Å². The molecule has 0 radical (unpaired) electrons. The van der Waals surface area contributed by atoms with Crippen molar-refractivity contribution in [1.82, 2.24) is 14.9 Å². The molecule has 0 bridgehead atoms. The molecule has 1 atom stereocenters. The third-order valence-electron chi connectivity index (χ3n) is 4.47. The van der Waals surface area contributed by atoms with Gasteiger partial charge in [0, 0.05) is 36.6 Å². The molecule has 6 nitrogen and oxygen atoms in total. The summed E-state index contributed by atoms with van der Waals surface area (Å²) in [5.41, 5.74) is -0.0377. The predicted molar refractivity (Wildman–Crippen MR) is 93.0 cm³/mol. The highest BCUT2D eigenvalue weighted by molar-refractivity contribution is 5.78. The number of ether oxygens (including phenoxy) is 1. The van der Waals surface area contributed by atoms with Gasteiger partial charge in [-0.2, -0.15) is 13.2 Å². The second kappa shape index (κ2) is 8.66. The number of rotatable bonds is 7. The van der Waals surface area contributed by atoms with E-state index in [1.807, 2.05) is 0 Å². The monoisotopic (exact) mass is 395 g/mol. The van der Waals surface area contributed by atoms with Crippen LogP contribution in [0.2, 0.25) is 0 Å². The zero-order valence-electron chi connectivity index (χ0n) is 15.0. The van der Waals surface area contributed by atoms with Crippen molar-refractivity contribution in [2.75, 3.05) is 26.3 Å². The van der Waals surface area contributed by atoms with Gasteiger partial charge in [-0.1, -0.05) is 12.1 Å². The van der Waals surface area contributed by atoms with Gasteiger partial charge in [-0.05, 0) is 17.7 Å². The number of nitrogens with zero attached hydrogens (tertiary/aromatic N) is 3. The first-order valence-electron chi connectivity index (χ1n) is 8.78. The summed E-state index contributed by atoms with van der Waals surface area (Å²) >= 11 is 0. The maximum Gasteiger partial charge on any atom is 0.433 e. The van der Waals surface area contributed by atoms with Crippen LogP contribution < -0.4 is 0 Å². The lowest BCUT2D eigenvalue weighted by Crippen LogP contribution is -2.44. The summed E-state index contributed by atoms with van der Waals surface area (Å²) in [4.78, 5) is 21.6. The second-order valence-electron chi connectivity index (χ2n) is 6.73. The molecular formula is C19H20F3N3O3. The smallest absolute Gasteiger partial charge is 0.386 e. The summed E-state index contributed by atoms with van der Waals surface area (Å²) in [5.74, 6) is -0.118. The van der Waals surface area contributed by atoms with Crippen molar-refractivity contribution in [3.63, 3.8) is 0 Å². The van der Waals surface area contributed by atoms with Crippen LogP contribution in [0.4, 0.5) is 13.2 Å². The number of amides is 1. The number of hydrogen-bond donors (Lipinski definition) is 1. The minimum absolute atomic E-state index is 0.0646. The van der Waals surface area contributed by atoms with Crippen molar-refractivity contribution < 1.29 is 27.8 Å². The van der Waals surface area contributed by atoms with Crippen LogP contribution in [0.1, 0.15) is 22.9 Å². The molecule has 9 heteroatoms. The lowest BCUT2D eigenvalue weighted by molar-refractivity contribution is -0.141. The molecule has 1 N–H and O–H groups in total. The SMILES string of the molecule is O=C(Cc1ccc(C(F)(F)F)nc1)N(CC1COC1)CC(O)c1cccnc1. The first-order valence-corrected chi connectivity index (χ1v) is 8.78. The Morgan fingerprint density at radius 2 is 2.07 bits per heavy atom. The minimum atomic E-state index is -4.52. The summed E-state index contributed by atoms with van der Waals surface area (Å²) in [6.07, 6.45) is -1.36. The van der Waals surface area contributed by atoms with Crippen LogP contribution in [0.15, 0.2) is 42.9 Å².